The largest absolute Gasteiger partial charge is 0.0622 e. The molecule has 0 bridgehead atoms. The first-order chi connectivity index (χ1) is 21.8. The molecule has 9 rings (SSSR count). The second kappa shape index (κ2) is 9.93. The number of rotatable bonds is 3. The second-order valence-corrected chi connectivity index (χ2v) is 11.6. The molecule has 0 aliphatic rings. The quantitative estimate of drug-likeness (QED) is 0.190. The van der Waals surface area contributed by atoms with E-state index in [9.17, 15) is 0 Å². The van der Waals surface area contributed by atoms with Gasteiger partial charge in [-0.25, -0.2) is 0 Å². The van der Waals surface area contributed by atoms with Gasteiger partial charge in [-0.3, -0.25) is 0 Å². The fourth-order valence-corrected chi connectivity index (χ4v) is 7.25. The Kier molecular flexibility index (Phi) is 5.61. The van der Waals surface area contributed by atoms with E-state index in [1.165, 1.54) is 87.2 Å². The molecule has 44 heavy (non-hydrogen) atoms. The molecular formula is C44H28. The maximum Gasteiger partial charge on any atom is -0.00139 e. The SMILES string of the molecule is c1ccc(-c2ccc(-c3ccccc3-c3ccc4c(c3)c3ccccc3c3c5ccccc5c5ccccc5c43)cc2)cc1. The Morgan fingerprint density at radius 1 is 0.205 bits per heavy atom. The van der Waals surface area contributed by atoms with Crippen LogP contribution in [0.5, 0.6) is 0 Å². The van der Waals surface area contributed by atoms with Crippen molar-refractivity contribution in [3.8, 4) is 33.4 Å². The summed E-state index contributed by atoms with van der Waals surface area (Å²) in [5.74, 6) is 0. The molecule has 0 unspecified atom stereocenters. The van der Waals surface area contributed by atoms with Crippen LogP contribution >= 0.6 is 0 Å². The van der Waals surface area contributed by atoms with Crippen LogP contribution in [0.15, 0.2) is 170 Å². The fourth-order valence-electron chi connectivity index (χ4n) is 7.25. The molecule has 0 aromatic heterocycles. The van der Waals surface area contributed by atoms with E-state index in [0.717, 1.165) is 0 Å². The van der Waals surface area contributed by atoms with Crippen molar-refractivity contribution in [3.63, 3.8) is 0 Å². The Labute approximate surface area is 256 Å². The molecule has 0 aliphatic heterocycles. The van der Waals surface area contributed by atoms with Crippen LogP contribution in [0.25, 0.3) is 87.2 Å². The van der Waals surface area contributed by atoms with E-state index in [0.29, 0.717) is 0 Å². The van der Waals surface area contributed by atoms with Crippen molar-refractivity contribution in [1.82, 2.24) is 0 Å². The molecule has 0 heteroatoms. The lowest BCUT2D eigenvalue weighted by atomic mass is 9.86. The van der Waals surface area contributed by atoms with Gasteiger partial charge in [-0.2, -0.15) is 0 Å². The zero-order valence-electron chi connectivity index (χ0n) is 24.2. The maximum atomic E-state index is 2.41. The van der Waals surface area contributed by atoms with Crippen LogP contribution in [0, 0.1) is 0 Å². The van der Waals surface area contributed by atoms with E-state index in [4.69, 9.17) is 0 Å². The average Bonchev–Trinajstić information content (AvgIpc) is 3.11. The van der Waals surface area contributed by atoms with Crippen molar-refractivity contribution in [1.29, 1.82) is 0 Å². The van der Waals surface area contributed by atoms with Gasteiger partial charge in [0.2, 0.25) is 0 Å². The van der Waals surface area contributed by atoms with E-state index in [-0.39, 0.29) is 0 Å². The van der Waals surface area contributed by atoms with Gasteiger partial charge in [-0.15, -0.1) is 0 Å². The molecule has 0 N–H and O–H groups in total. The smallest absolute Gasteiger partial charge is 0.00139 e. The van der Waals surface area contributed by atoms with Crippen molar-refractivity contribution in [2.24, 2.45) is 0 Å². The highest BCUT2D eigenvalue weighted by Gasteiger charge is 2.17. The van der Waals surface area contributed by atoms with Gasteiger partial charge in [-0.05, 0) is 93.3 Å². The molecule has 0 saturated heterocycles. The lowest BCUT2D eigenvalue weighted by Crippen LogP contribution is -1.90. The summed E-state index contributed by atoms with van der Waals surface area (Å²) >= 11 is 0. The Morgan fingerprint density at radius 2 is 0.568 bits per heavy atom. The molecule has 9 aromatic rings. The first kappa shape index (κ1) is 24.8. The third-order valence-corrected chi connectivity index (χ3v) is 9.25. The summed E-state index contributed by atoms with van der Waals surface area (Å²) in [6.07, 6.45) is 0. The number of hydrogen-bond acceptors (Lipinski definition) is 0. The fraction of sp³-hybridized carbons (Fsp3) is 0. The normalized spacial score (nSPS) is 11.6. The van der Waals surface area contributed by atoms with Gasteiger partial charge < -0.3 is 0 Å². The van der Waals surface area contributed by atoms with Crippen molar-refractivity contribution in [3.05, 3.63) is 170 Å². The molecular weight excluding hydrogens is 528 g/mol. The summed E-state index contributed by atoms with van der Waals surface area (Å²) < 4.78 is 0. The minimum absolute atomic E-state index is 1.22. The molecule has 0 fully saturated rings. The molecule has 0 atom stereocenters. The van der Waals surface area contributed by atoms with E-state index in [2.05, 4.69) is 170 Å². The van der Waals surface area contributed by atoms with Crippen molar-refractivity contribution < 1.29 is 0 Å². The van der Waals surface area contributed by atoms with E-state index < -0.39 is 0 Å². The molecule has 0 amide bonds. The van der Waals surface area contributed by atoms with Crippen LogP contribution < -0.4 is 0 Å². The summed E-state index contributed by atoms with van der Waals surface area (Å²) in [5.41, 5.74) is 7.41. The monoisotopic (exact) mass is 556 g/mol. The van der Waals surface area contributed by atoms with Crippen LogP contribution in [-0.2, 0) is 0 Å². The zero-order chi connectivity index (χ0) is 29.0. The van der Waals surface area contributed by atoms with E-state index in [1.54, 1.807) is 0 Å². The van der Waals surface area contributed by atoms with Crippen LogP contribution in [-0.4, -0.2) is 0 Å². The summed E-state index contributed by atoms with van der Waals surface area (Å²) in [6.45, 7) is 0. The first-order valence-corrected chi connectivity index (χ1v) is 15.3. The van der Waals surface area contributed by atoms with E-state index >= 15 is 0 Å². The summed E-state index contributed by atoms with van der Waals surface area (Å²) in [4.78, 5) is 0. The Hall–Kier alpha value is -5.72. The average molecular weight is 557 g/mol. The van der Waals surface area contributed by atoms with Crippen LogP contribution in [0.2, 0.25) is 0 Å². The molecule has 0 saturated carbocycles. The second-order valence-electron chi connectivity index (χ2n) is 11.6. The van der Waals surface area contributed by atoms with Crippen molar-refractivity contribution in [2.75, 3.05) is 0 Å². The standard InChI is InChI=1S/C44H28/c1-2-12-29(13-3-1)30-22-24-31(25-23-30)33-14-4-5-15-34(33)32-26-27-41-42(28-32)37-18-8-11-21-40(37)43-38-19-9-6-16-35(38)36-17-7-10-20-39(36)44(41)43/h1-28H. The third-order valence-electron chi connectivity index (χ3n) is 9.25. The van der Waals surface area contributed by atoms with Gasteiger partial charge in [-0.1, -0.05) is 164 Å². The van der Waals surface area contributed by atoms with Crippen molar-refractivity contribution >= 4 is 53.9 Å². The molecule has 0 radical (unpaired) electrons. The highest BCUT2D eigenvalue weighted by Crippen LogP contribution is 2.45. The highest BCUT2D eigenvalue weighted by molar-refractivity contribution is 6.39. The topological polar surface area (TPSA) is 0 Å². The molecule has 0 aliphatic carbocycles. The predicted octanol–water partition coefficient (Wildman–Crippen LogP) is 12.5. The van der Waals surface area contributed by atoms with Gasteiger partial charge in [0, 0.05) is 0 Å². The third kappa shape index (κ3) is 3.78. The summed E-state index contributed by atoms with van der Waals surface area (Å²) in [5, 5.41) is 13.1. The van der Waals surface area contributed by atoms with Crippen LogP contribution in [0.1, 0.15) is 0 Å². The Bertz CT molecular complexity index is 2520. The predicted molar refractivity (Wildman–Crippen MR) is 190 cm³/mol. The van der Waals surface area contributed by atoms with Gasteiger partial charge in [0.25, 0.3) is 0 Å². The van der Waals surface area contributed by atoms with Gasteiger partial charge >= 0.3 is 0 Å². The molecule has 0 spiro atoms. The minimum Gasteiger partial charge on any atom is -0.0622 e. The van der Waals surface area contributed by atoms with Crippen molar-refractivity contribution in [2.45, 2.75) is 0 Å². The Balaban J connectivity index is 1.31. The van der Waals surface area contributed by atoms with Crippen LogP contribution in [0.4, 0.5) is 0 Å². The van der Waals surface area contributed by atoms with Crippen LogP contribution in [0.3, 0.4) is 0 Å². The van der Waals surface area contributed by atoms with E-state index in [1.807, 2.05) is 0 Å². The molecule has 204 valence electrons. The van der Waals surface area contributed by atoms with Gasteiger partial charge in [0.05, 0.1) is 0 Å². The first-order valence-electron chi connectivity index (χ1n) is 15.3. The zero-order valence-corrected chi connectivity index (χ0v) is 24.2. The molecule has 0 heterocycles. The lowest BCUT2D eigenvalue weighted by Gasteiger charge is -2.17. The number of fused-ring (bicyclic) bond motifs is 11. The summed E-state index contributed by atoms with van der Waals surface area (Å²) in [6, 6.07) is 62.1. The lowest BCUT2D eigenvalue weighted by molar-refractivity contribution is 1.58. The maximum absolute atomic E-state index is 2.41. The number of benzene rings is 9. The van der Waals surface area contributed by atoms with Gasteiger partial charge in [0.15, 0.2) is 0 Å². The molecule has 9 aromatic carbocycles. The van der Waals surface area contributed by atoms with Gasteiger partial charge in [0.1, 0.15) is 0 Å². The number of hydrogen-bond donors (Lipinski definition) is 0. The highest BCUT2D eigenvalue weighted by atomic mass is 14.2. The molecule has 0 nitrogen and oxygen atoms in total. The minimum atomic E-state index is 1.22. The Morgan fingerprint density at radius 3 is 1.14 bits per heavy atom. The summed E-state index contributed by atoms with van der Waals surface area (Å²) in [7, 11) is 0.